The summed E-state index contributed by atoms with van der Waals surface area (Å²) in [6, 6.07) is 0. The van der Waals surface area contributed by atoms with Gasteiger partial charge in [0.2, 0.25) is 0 Å². The Morgan fingerprint density at radius 1 is 0.724 bits per heavy atom. The Labute approximate surface area is 337 Å². The normalized spacial score (nSPS) is 52.6. The van der Waals surface area contributed by atoms with E-state index in [1.807, 2.05) is 19.9 Å². The van der Waals surface area contributed by atoms with Crippen molar-refractivity contribution in [1.82, 2.24) is 0 Å². The fourth-order valence-corrected chi connectivity index (χ4v) is 13.4. The van der Waals surface area contributed by atoms with Gasteiger partial charge in [-0.1, -0.05) is 54.0 Å². The highest BCUT2D eigenvalue weighted by atomic mass is 16.8. The number of carbonyl (C=O) groups excluding carboxylic acids is 2. The summed E-state index contributed by atoms with van der Waals surface area (Å²) >= 11 is 0. The van der Waals surface area contributed by atoms with E-state index in [1.54, 1.807) is 6.92 Å². The lowest BCUT2D eigenvalue weighted by atomic mass is 9.33. The number of carboxylic acids is 3. The number of hydrogen-bond acceptors (Lipinski definition) is 14. The van der Waals surface area contributed by atoms with E-state index in [0.29, 0.717) is 38.5 Å². The third kappa shape index (κ3) is 6.25. The van der Waals surface area contributed by atoms with Crippen LogP contribution >= 0.6 is 0 Å². The Balaban J connectivity index is 1.17. The average molecular weight is 822 g/mol. The van der Waals surface area contributed by atoms with Crippen LogP contribution in [0.3, 0.4) is 0 Å². The van der Waals surface area contributed by atoms with Crippen LogP contribution in [-0.4, -0.2) is 127 Å². The highest BCUT2D eigenvalue weighted by Gasteiger charge is 2.70. The van der Waals surface area contributed by atoms with Gasteiger partial charge in [0, 0.05) is 17.3 Å². The van der Waals surface area contributed by atoms with Gasteiger partial charge in [0.25, 0.3) is 0 Å². The molecule has 0 aromatic heterocycles. The summed E-state index contributed by atoms with van der Waals surface area (Å²) in [5.74, 6) is -4.80. The summed E-state index contributed by atoms with van der Waals surface area (Å²) in [5, 5.41) is 85.1. The summed E-state index contributed by atoms with van der Waals surface area (Å²) in [6.45, 7) is 14.7. The fraction of sp³-hybridized carbons (Fsp3) is 0.857. The molecule has 0 aromatic rings. The van der Waals surface area contributed by atoms with Gasteiger partial charge >= 0.3 is 11.9 Å². The minimum atomic E-state index is -2.05. The van der Waals surface area contributed by atoms with Gasteiger partial charge in [0.1, 0.15) is 36.6 Å². The summed E-state index contributed by atoms with van der Waals surface area (Å²) in [7, 11) is 0. The highest BCUT2D eigenvalue weighted by Crippen LogP contribution is 2.75. The number of aliphatic carboxylic acids is 3. The number of ether oxygens (including phenoxy) is 4. The molecule has 19 atom stereocenters. The molecule has 7 N–H and O–H groups in total. The minimum Gasteiger partial charge on any atom is -0.550 e. The second kappa shape index (κ2) is 14.3. The van der Waals surface area contributed by atoms with Crippen molar-refractivity contribution >= 4 is 23.7 Å². The molecule has 2 heterocycles. The van der Waals surface area contributed by atoms with E-state index in [2.05, 4.69) is 27.7 Å². The smallest absolute Gasteiger partial charge is 0.335 e. The van der Waals surface area contributed by atoms with Gasteiger partial charge in [0.15, 0.2) is 30.6 Å². The molecule has 4 saturated carbocycles. The van der Waals surface area contributed by atoms with Crippen LogP contribution in [0.2, 0.25) is 0 Å². The van der Waals surface area contributed by atoms with E-state index >= 15 is 0 Å². The molecular weight excluding hydrogens is 760 g/mol. The molecule has 16 nitrogen and oxygen atoms in total. The molecule has 0 spiro atoms. The van der Waals surface area contributed by atoms with Gasteiger partial charge in [-0.05, 0) is 103 Å². The quantitative estimate of drug-likeness (QED) is 0.176. The summed E-state index contributed by atoms with van der Waals surface area (Å²) < 4.78 is 23.4. The molecule has 0 amide bonds. The number of allylic oxidation sites excluding steroid dienone is 2. The second-order valence-corrected chi connectivity index (χ2v) is 20.6. The van der Waals surface area contributed by atoms with Crippen molar-refractivity contribution < 1.29 is 79.0 Å². The van der Waals surface area contributed by atoms with Crippen LogP contribution in [-0.2, 0) is 38.1 Å². The monoisotopic (exact) mass is 821 g/mol. The number of rotatable bonds is 7. The number of carboxylic acid groups (broad SMARTS) is 3. The average Bonchev–Trinajstić information content (AvgIpc) is 3.13. The maximum absolute atomic E-state index is 14.8. The van der Waals surface area contributed by atoms with Crippen LogP contribution in [0, 0.1) is 50.2 Å². The molecule has 0 aromatic carbocycles. The molecule has 0 bridgehead atoms. The van der Waals surface area contributed by atoms with Crippen LogP contribution in [0.1, 0.15) is 106 Å². The molecule has 7 rings (SSSR count). The van der Waals surface area contributed by atoms with Gasteiger partial charge in [-0.25, -0.2) is 9.59 Å². The van der Waals surface area contributed by atoms with Crippen LogP contribution in [0.25, 0.3) is 0 Å². The number of aliphatic hydroxyl groups excluding tert-OH is 5. The summed E-state index contributed by atoms with van der Waals surface area (Å²) in [4.78, 5) is 51.2. The van der Waals surface area contributed by atoms with E-state index in [1.165, 1.54) is 0 Å². The Bertz CT molecular complexity index is 1730. The van der Waals surface area contributed by atoms with Crippen LogP contribution in [0.4, 0.5) is 0 Å². The molecule has 2 saturated heterocycles. The zero-order chi connectivity index (χ0) is 42.9. The molecular formula is C42H61O16-. The van der Waals surface area contributed by atoms with Gasteiger partial charge in [-0.2, -0.15) is 0 Å². The van der Waals surface area contributed by atoms with Crippen molar-refractivity contribution in [2.24, 2.45) is 50.2 Å². The Morgan fingerprint density at radius 3 is 1.91 bits per heavy atom. The van der Waals surface area contributed by atoms with Gasteiger partial charge < -0.3 is 64.6 Å². The molecule has 7 aliphatic rings. The first-order chi connectivity index (χ1) is 26.8. The first-order valence-electron chi connectivity index (χ1n) is 20.7. The third-order valence-electron chi connectivity index (χ3n) is 17.2. The first kappa shape index (κ1) is 43.5. The van der Waals surface area contributed by atoms with Gasteiger partial charge in [0.05, 0.1) is 6.10 Å². The van der Waals surface area contributed by atoms with Crippen LogP contribution < -0.4 is 5.11 Å². The maximum atomic E-state index is 14.8. The zero-order valence-corrected chi connectivity index (χ0v) is 34.3. The lowest BCUT2D eigenvalue weighted by molar-refractivity contribution is -0.371. The van der Waals surface area contributed by atoms with Crippen molar-refractivity contribution in [3.63, 3.8) is 0 Å². The number of fused-ring (bicyclic) bond motifs is 7. The zero-order valence-electron chi connectivity index (χ0n) is 34.3. The summed E-state index contributed by atoms with van der Waals surface area (Å²) in [6.07, 6.45) is -12.5. The molecule has 3 unspecified atom stereocenters. The molecule has 0 radical (unpaired) electrons. The molecule has 5 aliphatic carbocycles. The number of aliphatic hydroxyl groups is 5. The highest BCUT2D eigenvalue weighted by molar-refractivity contribution is 5.95. The lowest BCUT2D eigenvalue weighted by Gasteiger charge is -2.70. The predicted octanol–water partition coefficient (Wildman–Crippen LogP) is 0.911. The van der Waals surface area contributed by atoms with Crippen molar-refractivity contribution in [3.8, 4) is 0 Å². The van der Waals surface area contributed by atoms with Gasteiger partial charge in [-0.15, -0.1) is 0 Å². The van der Waals surface area contributed by atoms with E-state index in [9.17, 15) is 60.0 Å². The van der Waals surface area contributed by atoms with E-state index < -0.39 is 107 Å². The van der Waals surface area contributed by atoms with Gasteiger partial charge in [-0.3, -0.25) is 4.79 Å². The third-order valence-corrected chi connectivity index (χ3v) is 17.2. The molecule has 2 aliphatic heterocycles. The number of ketones is 1. The fourth-order valence-electron chi connectivity index (χ4n) is 13.4. The van der Waals surface area contributed by atoms with Crippen molar-refractivity contribution in [2.75, 3.05) is 0 Å². The van der Waals surface area contributed by atoms with Crippen LogP contribution in [0.15, 0.2) is 11.6 Å². The lowest BCUT2D eigenvalue weighted by Crippen LogP contribution is -2.68. The van der Waals surface area contributed by atoms with E-state index in [4.69, 9.17) is 18.9 Å². The Hall–Kier alpha value is -2.54. The predicted molar refractivity (Wildman–Crippen MR) is 197 cm³/mol. The SMILES string of the molecule is CC1(C)C2CC[C@]3(C)C(C(=O)C=C4C5C[C@@](C)(C(=O)[O-])CC[C@]5(C)CC[C@]43C)[C@@]2(C)CC[C@@H]1O[C@H]1O[C@H](C(=O)O)[C@@H](O)[C@H](O)[C@H]1O[C@@H]1O[C@H](C(=O)O)[C@@H](O)[C@H](O)[C@H]1O. The minimum absolute atomic E-state index is 0.0471. The van der Waals surface area contributed by atoms with Crippen molar-refractivity contribution in [3.05, 3.63) is 11.6 Å². The van der Waals surface area contributed by atoms with E-state index in [0.717, 1.165) is 24.8 Å². The van der Waals surface area contributed by atoms with E-state index in [-0.39, 0.29) is 34.4 Å². The number of carbonyl (C=O) groups is 4. The van der Waals surface area contributed by atoms with Crippen molar-refractivity contribution in [2.45, 2.75) is 174 Å². The molecule has 16 heteroatoms. The van der Waals surface area contributed by atoms with Crippen LogP contribution in [0.5, 0.6) is 0 Å². The second-order valence-electron chi connectivity index (χ2n) is 20.6. The number of hydrogen-bond donors (Lipinski definition) is 7. The molecule has 58 heavy (non-hydrogen) atoms. The molecule has 6 fully saturated rings. The first-order valence-corrected chi connectivity index (χ1v) is 20.7. The largest absolute Gasteiger partial charge is 0.550 e. The summed E-state index contributed by atoms with van der Waals surface area (Å²) in [5.41, 5.74) is -2.03. The topological polar surface area (TPSA) is 270 Å². The maximum Gasteiger partial charge on any atom is 0.335 e. The van der Waals surface area contributed by atoms with Crippen molar-refractivity contribution in [1.29, 1.82) is 0 Å². The molecule has 326 valence electrons. The standard InChI is InChI=1S/C42H62O16/c1-37(2)21-8-11-42(7)31(20(43)16-18-19-17-39(4,36(53)54)13-12-38(19,3)14-15-41(18,42)6)40(21,5)10-9-22(37)55-35-30(26(47)25(46)29(57-35)33(51)52)58-34-27(48)23(44)24(45)28(56-34)32(49)50/h16,19,21-31,34-35,44-48H,8-15,17H2,1-7H3,(H,49,50)(H,51,52)(H,53,54)/p-1/t19?,21?,22-,23-,24-,25-,26-,27+,28-,29-,30+,31?,34-,35-,38+,39-,40-,41+,42+/m0/s1. The Morgan fingerprint density at radius 2 is 1.31 bits per heavy atom. The Kier molecular flexibility index (Phi) is 10.7.